The van der Waals surface area contributed by atoms with E-state index in [0.717, 1.165) is 19.3 Å². The van der Waals surface area contributed by atoms with E-state index in [1.54, 1.807) is 11.8 Å². The van der Waals surface area contributed by atoms with E-state index in [1.165, 1.54) is 17.2 Å². The minimum atomic E-state index is -0.838. The highest BCUT2D eigenvalue weighted by Crippen LogP contribution is 2.46. The largest absolute Gasteiger partial charge is 0.508 e. The number of phenolic OH excluding ortho intramolecular Hbond substituents is 1. The first-order chi connectivity index (χ1) is 16.1. The van der Waals surface area contributed by atoms with E-state index >= 15 is 0 Å². The normalized spacial score (nSPS) is 22.5. The van der Waals surface area contributed by atoms with E-state index < -0.39 is 17.8 Å². The van der Waals surface area contributed by atoms with Crippen molar-refractivity contribution in [1.82, 2.24) is 4.90 Å². The number of hydrogen-bond donors (Lipinski definition) is 2. The Morgan fingerprint density at radius 3 is 2.71 bits per heavy atom. The first-order valence-corrected chi connectivity index (χ1v) is 12.0. The van der Waals surface area contributed by atoms with Crippen LogP contribution >= 0.6 is 0 Å². The molecule has 0 aliphatic carbocycles. The quantitative estimate of drug-likeness (QED) is 0.387. The van der Waals surface area contributed by atoms with Gasteiger partial charge in [0.15, 0.2) is 0 Å². The Bertz CT molecular complexity index is 993. The van der Waals surface area contributed by atoms with E-state index in [2.05, 4.69) is 32.9 Å². The fourth-order valence-electron chi connectivity index (χ4n) is 4.65. The van der Waals surface area contributed by atoms with Crippen molar-refractivity contribution in [2.45, 2.75) is 91.1 Å². The fourth-order valence-corrected chi connectivity index (χ4v) is 4.65. The summed E-state index contributed by atoms with van der Waals surface area (Å²) in [6.45, 7) is 10.8. The number of carbonyl (C=O) groups is 2. The molecule has 7 nitrogen and oxygen atoms in total. The smallest absolute Gasteiger partial charge is 0.293 e. The van der Waals surface area contributed by atoms with Crippen LogP contribution in [0, 0.1) is 0 Å². The minimum Gasteiger partial charge on any atom is -0.508 e. The van der Waals surface area contributed by atoms with Crippen LogP contribution in [0.1, 0.15) is 81.8 Å². The molecule has 1 unspecified atom stereocenters. The number of carbonyl (C=O) groups excluding carboxylic acids is 2. The maximum atomic E-state index is 12.9. The third-order valence-electron chi connectivity index (χ3n) is 6.76. The number of aliphatic hydroxyl groups is 1. The summed E-state index contributed by atoms with van der Waals surface area (Å²) >= 11 is 0. The van der Waals surface area contributed by atoms with Crippen LogP contribution in [0.25, 0.3) is 0 Å². The molecule has 0 bridgehead atoms. The van der Waals surface area contributed by atoms with Gasteiger partial charge in [-0.15, -0.1) is 0 Å². The van der Waals surface area contributed by atoms with Crippen LogP contribution in [0.15, 0.2) is 29.4 Å². The average Bonchev–Trinajstić information content (AvgIpc) is 3.05. The van der Waals surface area contributed by atoms with Crippen molar-refractivity contribution in [3.05, 3.63) is 46.1 Å². The second-order valence-corrected chi connectivity index (χ2v) is 10.0. The van der Waals surface area contributed by atoms with Crippen LogP contribution in [0.4, 0.5) is 0 Å². The maximum Gasteiger partial charge on any atom is 0.293 e. The Labute approximate surface area is 202 Å². The molecule has 0 saturated carbocycles. The molecule has 0 radical (unpaired) electrons. The molecular formula is C27H37NO6. The molecule has 2 N–H and O–H groups in total. The SMILES string of the molecule is CC(C)=CCC/C(C)=C/CC[C@]1(C)Oc2c(c(O)cc3c2CN(CC(C)OC=O)C3=O)C[C@@H]1O. The van der Waals surface area contributed by atoms with Gasteiger partial charge in [-0.25, -0.2) is 0 Å². The number of amides is 1. The van der Waals surface area contributed by atoms with E-state index in [1.807, 2.05) is 6.92 Å². The third kappa shape index (κ3) is 5.63. The third-order valence-corrected chi connectivity index (χ3v) is 6.76. The monoisotopic (exact) mass is 471 g/mol. The standard InChI is InChI=1S/C27H37NO6/c1-17(2)8-6-9-18(3)10-7-11-27(5)24(31)13-21-23(30)12-20-22(25(21)34-27)15-28(26(20)32)14-19(4)33-16-29/h8,10,12,16,19,24,30-31H,6-7,9,11,13-15H2,1-5H3/b18-10+/t19?,24-,27-/m0/s1. The number of benzene rings is 1. The summed E-state index contributed by atoms with van der Waals surface area (Å²) in [6.07, 6.45) is 6.84. The highest BCUT2D eigenvalue weighted by molar-refractivity contribution is 6.00. The van der Waals surface area contributed by atoms with Gasteiger partial charge in [0.2, 0.25) is 0 Å². The van der Waals surface area contributed by atoms with Crippen LogP contribution in [0.5, 0.6) is 11.5 Å². The van der Waals surface area contributed by atoms with Gasteiger partial charge in [-0.05, 0) is 66.4 Å². The molecule has 2 aliphatic rings. The Hall–Kier alpha value is -2.80. The zero-order chi connectivity index (χ0) is 25.0. The van der Waals surface area contributed by atoms with Gasteiger partial charge in [-0.2, -0.15) is 0 Å². The summed E-state index contributed by atoms with van der Waals surface area (Å²) in [5, 5.41) is 21.5. The zero-order valence-electron chi connectivity index (χ0n) is 20.9. The van der Waals surface area contributed by atoms with E-state index in [-0.39, 0.29) is 24.6 Å². The van der Waals surface area contributed by atoms with Gasteiger partial charge in [0.1, 0.15) is 23.2 Å². The number of allylic oxidation sites excluding steroid dienone is 4. The Morgan fingerprint density at radius 1 is 1.29 bits per heavy atom. The number of aromatic hydroxyl groups is 1. The van der Waals surface area contributed by atoms with Gasteiger partial charge in [0.25, 0.3) is 12.4 Å². The number of phenols is 1. The maximum absolute atomic E-state index is 12.9. The van der Waals surface area contributed by atoms with Crippen molar-refractivity contribution >= 4 is 12.4 Å². The Balaban J connectivity index is 1.77. The van der Waals surface area contributed by atoms with Crippen LogP contribution in [0.3, 0.4) is 0 Å². The lowest BCUT2D eigenvalue weighted by molar-refractivity contribution is -0.133. The minimum absolute atomic E-state index is 0.0442. The van der Waals surface area contributed by atoms with E-state index in [4.69, 9.17) is 9.47 Å². The molecule has 0 spiro atoms. The number of rotatable bonds is 10. The molecular weight excluding hydrogens is 434 g/mol. The van der Waals surface area contributed by atoms with Crippen molar-refractivity contribution in [3.63, 3.8) is 0 Å². The van der Waals surface area contributed by atoms with Gasteiger partial charge < -0.3 is 24.6 Å². The fraction of sp³-hybridized carbons (Fsp3) is 0.556. The topological polar surface area (TPSA) is 96.3 Å². The highest BCUT2D eigenvalue weighted by Gasteiger charge is 2.44. The highest BCUT2D eigenvalue weighted by atomic mass is 16.5. The lowest BCUT2D eigenvalue weighted by Gasteiger charge is -2.40. The van der Waals surface area contributed by atoms with Gasteiger partial charge in [0, 0.05) is 17.5 Å². The van der Waals surface area contributed by atoms with E-state index in [0.29, 0.717) is 41.9 Å². The molecule has 186 valence electrons. The molecule has 7 heteroatoms. The summed E-state index contributed by atoms with van der Waals surface area (Å²) in [4.78, 5) is 25.1. The molecule has 1 amide bonds. The molecule has 1 aromatic rings. The molecule has 34 heavy (non-hydrogen) atoms. The van der Waals surface area contributed by atoms with Crippen LogP contribution in [-0.2, 0) is 22.5 Å². The van der Waals surface area contributed by atoms with Crippen molar-refractivity contribution < 1.29 is 29.3 Å². The van der Waals surface area contributed by atoms with Crippen LogP contribution in [0.2, 0.25) is 0 Å². The van der Waals surface area contributed by atoms with Crippen molar-refractivity contribution in [1.29, 1.82) is 0 Å². The second-order valence-electron chi connectivity index (χ2n) is 10.0. The molecule has 3 atom stereocenters. The van der Waals surface area contributed by atoms with Crippen molar-refractivity contribution in [2.24, 2.45) is 0 Å². The molecule has 0 saturated heterocycles. The predicted octanol–water partition coefficient (Wildman–Crippen LogP) is 4.44. The number of aliphatic hydroxyl groups excluding tert-OH is 1. The average molecular weight is 472 g/mol. The summed E-state index contributed by atoms with van der Waals surface area (Å²) in [5.41, 5.74) is 3.42. The Morgan fingerprint density at radius 2 is 2.03 bits per heavy atom. The lowest BCUT2D eigenvalue weighted by atomic mass is 9.84. The lowest BCUT2D eigenvalue weighted by Crippen LogP contribution is -2.49. The van der Waals surface area contributed by atoms with Gasteiger partial charge >= 0.3 is 0 Å². The van der Waals surface area contributed by atoms with Crippen molar-refractivity contribution in [3.8, 4) is 11.5 Å². The predicted molar refractivity (Wildman–Crippen MR) is 130 cm³/mol. The molecule has 2 heterocycles. The van der Waals surface area contributed by atoms with Gasteiger partial charge in [-0.1, -0.05) is 23.3 Å². The molecule has 0 aromatic heterocycles. The first-order valence-electron chi connectivity index (χ1n) is 12.0. The summed E-state index contributed by atoms with van der Waals surface area (Å²) in [5.74, 6) is 0.213. The van der Waals surface area contributed by atoms with Crippen molar-refractivity contribution in [2.75, 3.05) is 6.54 Å². The van der Waals surface area contributed by atoms with Crippen LogP contribution in [-0.4, -0.2) is 51.8 Å². The molecule has 2 aliphatic heterocycles. The van der Waals surface area contributed by atoms with Gasteiger partial charge in [0.05, 0.1) is 24.8 Å². The molecule has 0 fully saturated rings. The summed E-state index contributed by atoms with van der Waals surface area (Å²) in [6, 6.07) is 1.46. The van der Waals surface area contributed by atoms with E-state index in [9.17, 15) is 19.8 Å². The first kappa shape index (κ1) is 25.8. The summed E-state index contributed by atoms with van der Waals surface area (Å²) < 4.78 is 11.3. The number of fused-ring (bicyclic) bond motifs is 3. The molecule has 1 aromatic carbocycles. The number of ether oxygens (including phenoxy) is 2. The number of hydrogen-bond acceptors (Lipinski definition) is 6. The molecule has 3 rings (SSSR count). The second kappa shape index (κ2) is 10.6. The summed E-state index contributed by atoms with van der Waals surface area (Å²) in [7, 11) is 0. The Kier molecular flexibility index (Phi) is 8.08. The number of nitrogens with zero attached hydrogens (tertiary/aromatic N) is 1. The van der Waals surface area contributed by atoms with Gasteiger partial charge in [-0.3, -0.25) is 9.59 Å². The van der Waals surface area contributed by atoms with Crippen LogP contribution < -0.4 is 4.74 Å². The zero-order valence-corrected chi connectivity index (χ0v) is 20.9.